The number of halogens is 1. The number of hydrogen-bond acceptors (Lipinski definition) is 6. The van der Waals surface area contributed by atoms with Crippen molar-refractivity contribution in [2.24, 2.45) is 0 Å². The van der Waals surface area contributed by atoms with Crippen molar-refractivity contribution in [1.29, 1.82) is 0 Å². The Kier molecular flexibility index (Phi) is 4.80. The van der Waals surface area contributed by atoms with Crippen LogP contribution in [-0.2, 0) is 0 Å². The summed E-state index contributed by atoms with van der Waals surface area (Å²) >= 11 is 6.63. The number of amides is 1. The fourth-order valence-electron chi connectivity index (χ4n) is 2.50. The molecule has 10 heteroatoms. The minimum absolute atomic E-state index is 0.139. The molecule has 0 aliphatic heterocycles. The molecule has 0 saturated carbocycles. The van der Waals surface area contributed by atoms with Gasteiger partial charge in [-0.25, -0.2) is 4.39 Å². The van der Waals surface area contributed by atoms with E-state index >= 15 is 0 Å². The summed E-state index contributed by atoms with van der Waals surface area (Å²) in [7, 11) is 0. The summed E-state index contributed by atoms with van der Waals surface area (Å²) in [6.07, 6.45) is 0. The van der Waals surface area contributed by atoms with Crippen LogP contribution in [0.5, 0.6) is 0 Å². The molecule has 0 unspecified atom stereocenters. The number of anilines is 1. The summed E-state index contributed by atoms with van der Waals surface area (Å²) in [5.41, 5.74) is 1.89. The van der Waals surface area contributed by atoms with E-state index in [1.807, 2.05) is 31.2 Å². The van der Waals surface area contributed by atoms with Crippen LogP contribution in [0.25, 0.3) is 15.5 Å². The lowest BCUT2D eigenvalue weighted by atomic mass is 10.2. The first-order valence-corrected chi connectivity index (χ1v) is 9.39. The van der Waals surface area contributed by atoms with E-state index in [4.69, 9.17) is 12.2 Å². The molecule has 2 heterocycles. The van der Waals surface area contributed by atoms with Gasteiger partial charge in [-0.05, 0) is 55.5 Å². The van der Waals surface area contributed by atoms with E-state index < -0.39 is 11.7 Å². The fraction of sp³-hybridized carbons (Fsp3) is 0.0556. The van der Waals surface area contributed by atoms with Crippen molar-refractivity contribution in [3.63, 3.8) is 0 Å². The topological polar surface area (TPSA) is 84.2 Å². The summed E-state index contributed by atoms with van der Waals surface area (Å²) < 4.78 is 14.7. The smallest absolute Gasteiger partial charge is 0.257 e. The van der Waals surface area contributed by atoms with E-state index in [9.17, 15) is 9.18 Å². The number of benzene rings is 2. The molecule has 4 rings (SSSR count). The molecule has 1 amide bonds. The molecule has 0 spiro atoms. The molecule has 2 N–H and O–H groups in total. The van der Waals surface area contributed by atoms with Crippen LogP contribution >= 0.6 is 23.6 Å². The van der Waals surface area contributed by atoms with Crippen LogP contribution in [0.1, 0.15) is 16.2 Å². The predicted octanol–water partition coefficient (Wildman–Crippen LogP) is 3.43. The largest absolute Gasteiger partial charge is 0.332 e. The Bertz CT molecular complexity index is 1180. The van der Waals surface area contributed by atoms with Gasteiger partial charge in [0.2, 0.25) is 4.96 Å². The Labute approximate surface area is 168 Å². The number of carbonyl (C=O) groups is 1. The highest BCUT2D eigenvalue weighted by Crippen LogP contribution is 2.27. The Morgan fingerprint density at radius 2 is 1.96 bits per heavy atom. The molecule has 0 saturated heterocycles. The molecule has 0 aliphatic rings. The van der Waals surface area contributed by atoms with Gasteiger partial charge in [0.15, 0.2) is 10.9 Å². The van der Waals surface area contributed by atoms with Crippen LogP contribution < -0.4 is 10.6 Å². The van der Waals surface area contributed by atoms with Crippen LogP contribution in [0.3, 0.4) is 0 Å². The molecule has 2 aromatic heterocycles. The third-order valence-corrected chi connectivity index (χ3v) is 5.00. The minimum Gasteiger partial charge on any atom is -0.332 e. The van der Waals surface area contributed by atoms with Gasteiger partial charge in [0.05, 0.1) is 0 Å². The van der Waals surface area contributed by atoms with E-state index in [1.165, 1.54) is 35.6 Å². The van der Waals surface area contributed by atoms with E-state index in [0.717, 1.165) is 16.4 Å². The van der Waals surface area contributed by atoms with Crippen molar-refractivity contribution in [2.75, 3.05) is 5.32 Å². The first-order chi connectivity index (χ1) is 13.5. The van der Waals surface area contributed by atoms with Gasteiger partial charge in [0.1, 0.15) is 10.8 Å². The average Bonchev–Trinajstić information content (AvgIpc) is 3.24. The highest BCUT2D eigenvalue weighted by Gasteiger charge is 2.12. The Balaban J connectivity index is 1.47. The SMILES string of the molecule is Cc1nnc2sc(-c3cccc(NC(=S)NC(=O)c4ccc(F)cc4)c3)nn12. The monoisotopic (exact) mass is 412 g/mol. The summed E-state index contributed by atoms with van der Waals surface area (Å²) in [5.74, 6) is -0.108. The van der Waals surface area contributed by atoms with Crippen LogP contribution in [-0.4, -0.2) is 30.8 Å². The summed E-state index contributed by atoms with van der Waals surface area (Å²) in [4.78, 5) is 12.9. The number of fused-ring (bicyclic) bond motifs is 1. The lowest BCUT2D eigenvalue weighted by molar-refractivity contribution is 0.0977. The zero-order chi connectivity index (χ0) is 19.7. The molecular weight excluding hydrogens is 399 g/mol. The predicted molar refractivity (Wildman–Crippen MR) is 109 cm³/mol. The Morgan fingerprint density at radius 1 is 1.18 bits per heavy atom. The second-order valence-electron chi connectivity index (χ2n) is 5.84. The molecule has 140 valence electrons. The van der Waals surface area contributed by atoms with E-state index in [1.54, 1.807) is 4.52 Å². The third-order valence-electron chi connectivity index (χ3n) is 3.85. The normalized spacial score (nSPS) is 10.8. The van der Waals surface area contributed by atoms with E-state index in [2.05, 4.69) is 25.9 Å². The standard InChI is InChI=1S/C18H13FN6OS2/c1-10-22-23-18-25(10)24-16(28-18)12-3-2-4-14(9-12)20-17(27)21-15(26)11-5-7-13(19)8-6-11/h2-9H,1H3,(H2,20,21,26,27). The summed E-state index contributed by atoms with van der Waals surface area (Å²) in [6.45, 7) is 1.84. The number of aromatic nitrogens is 4. The van der Waals surface area contributed by atoms with Gasteiger partial charge >= 0.3 is 0 Å². The fourth-order valence-corrected chi connectivity index (χ4v) is 3.59. The molecule has 2 aromatic carbocycles. The van der Waals surface area contributed by atoms with Gasteiger partial charge in [-0.15, -0.1) is 10.2 Å². The van der Waals surface area contributed by atoms with Crippen LogP contribution in [0.4, 0.5) is 10.1 Å². The minimum atomic E-state index is -0.419. The molecule has 4 aromatic rings. The maximum absolute atomic E-state index is 13.0. The highest BCUT2D eigenvalue weighted by molar-refractivity contribution is 7.80. The van der Waals surface area contributed by atoms with Gasteiger partial charge in [0.25, 0.3) is 5.91 Å². The highest BCUT2D eigenvalue weighted by atomic mass is 32.1. The van der Waals surface area contributed by atoms with Crippen molar-refractivity contribution >= 4 is 45.2 Å². The second-order valence-corrected chi connectivity index (χ2v) is 7.21. The molecule has 0 radical (unpaired) electrons. The zero-order valence-corrected chi connectivity index (χ0v) is 16.1. The number of nitrogens with one attached hydrogen (secondary N) is 2. The van der Waals surface area contributed by atoms with Crippen molar-refractivity contribution < 1.29 is 9.18 Å². The number of aryl methyl sites for hydroxylation is 1. The molecule has 0 bridgehead atoms. The summed E-state index contributed by atoms with van der Waals surface area (Å²) in [6, 6.07) is 12.7. The Hall–Kier alpha value is -3.24. The number of nitrogens with zero attached hydrogens (tertiary/aromatic N) is 4. The quantitative estimate of drug-likeness (QED) is 0.502. The number of thiocarbonyl (C=S) groups is 1. The molecule has 0 fully saturated rings. The lowest BCUT2D eigenvalue weighted by Crippen LogP contribution is -2.34. The van der Waals surface area contributed by atoms with Crippen LogP contribution in [0.15, 0.2) is 48.5 Å². The van der Waals surface area contributed by atoms with Gasteiger partial charge in [-0.1, -0.05) is 23.5 Å². The molecule has 7 nitrogen and oxygen atoms in total. The third kappa shape index (κ3) is 3.73. The first-order valence-electron chi connectivity index (χ1n) is 8.17. The van der Waals surface area contributed by atoms with Crippen molar-refractivity contribution in [3.05, 3.63) is 65.7 Å². The number of hydrogen-bond donors (Lipinski definition) is 2. The van der Waals surface area contributed by atoms with Gasteiger partial charge in [0, 0.05) is 16.8 Å². The van der Waals surface area contributed by atoms with E-state index in [0.29, 0.717) is 16.2 Å². The average molecular weight is 412 g/mol. The van der Waals surface area contributed by atoms with Crippen molar-refractivity contribution in [2.45, 2.75) is 6.92 Å². The van der Waals surface area contributed by atoms with E-state index in [-0.39, 0.29) is 5.11 Å². The maximum Gasteiger partial charge on any atom is 0.257 e. The summed E-state index contributed by atoms with van der Waals surface area (Å²) in [5, 5.41) is 19.0. The van der Waals surface area contributed by atoms with Crippen molar-refractivity contribution in [1.82, 2.24) is 25.1 Å². The van der Waals surface area contributed by atoms with Gasteiger partial charge in [-0.3, -0.25) is 10.1 Å². The van der Waals surface area contributed by atoms with Crippen molar-refractivity contribution in [3.8, 4) is 10.6 Å². The molecular formula is C18H13FN6OS2. The van der Waals surface area contributed by atoms with Crippen LogP contribution in [0.2, 0.25) is 0 Å². The molecule has 0 atom stereocenters. The number of rotatable bonds is 3. The Morgan fingerprint density at radius 3 is 2.71 bits per heavy atom. The molecule has 0 aliphatic carbocycles. The maximum atomic E-state index is 13.0. The first kappa shape index (κ1) is 18.1. The zero-order valence-electron chi connectivity index (χ0n) is 14.5. The number of carbonyl (C=O) groups excluding carboxylic acids is 1. The molecule has 28 heavy (non-hydrogen) atoms. The van der Waals surface area contributed by atoms with Gasteiger partial charge < -0.3 is 5.32 Å². The second kappa shape index (κ2) is 7.41. The van der Waals surface area contributed by atoms with Gasteiger partial charge in [-0.2, -0.15) is 9.61 Å². The van der Waals surface area contributed by atoms with Crippen LogP contribution in [0, 0.1) is 12.7 Å². The lowest BCUT2D eigenvalue weighted by Gasteiger charge is -2.10.